The van der Waals surface area contributed by atoms with Gasteiger partial charge < -0.3 is 10.1 Å². The topological polar surface area (TPSA) is 72.5 Å². The van der Waals surface area contributed by atoms with Crippen LogP contribution in [0.2, 0.25) is 0 Å². The van der Waals surface area contributed by atoms with Crippen LogP contribution in [-0.2, 0) is 9.53 Å². The summed E-state index contributed by atoms with van der Waals surface area (Å²) >= 11 is 1.30. The van der Waals surface area contributed by atoms with Gasteiger partial charge in [-0.05, 0) is 42.0 Å². The number of anilines is 1. The van der Waals surface area contributed by atoms with Gasteiger partial charge in [0.05, 0.1) is 10.4 Å². The summed E-state index contributed by atoms with van der Waals surface area (Å²) < 4.78 is 5.38. The molecule has 0 aliphatic carbocycles. The standard InChI is InChI=1S/C24H23NO4S/c1-15(2)17-9-6-7-12-20(17)25-23(27)16(3)29-24(28)19-11-5-4-10-18(19)22(26)21-13-8-14-30-21/h4-16H,1-3H3,(H,25,27)/t16-/m1/s1. The minimum Gasteiger partial charge on any atom is -0.449 e. The average Bonchev–Trinajstić information content (AvgIpc) is 3.28. The fourth-order valence-electron chi connectivity index (χ4n) is 3.03. The highest BCUT2D eigenvalue weighted by Crippen LogP contribution is 2.24. The molecule has 0 radical (unpaired) electrons. The van der Waals surface area contributed by atoms with Crippen LogP contribution in [0.1, 0.15) is 57.8 Å². The largest absolute Gasteiger partial charge is 0.449 e. The first-order chi connectivity index (χ1) is 14.4. The number of para-hydroxylation sites is 1. The van der Waals surface area contributed by atoms with Crippen LogP contribution in [0.3, 0.4) is 0 Å². The number of carbonyl (C=O) groups excluding carboxylic acids is 3. The molecule has 0 unspecified atom stereocenters. The summed E-state index contributed by atoms with van der Waals surface area (Å²) in [7, 11) is 0. The molecule has 30 heavy (non-hydrogen) atoms. The van der Waals surface area contributed by atoms with Crippen molar-refractivity contribution in [1.82, 2.24) is 0 Å². The fraction of sp³-hybridized carbons (Fsp3) is 0.208. The quantitative estimate of drug-likeness (QED) is 0.416. The lowest BCUT2D eigenvalue weighted by Crippen LogP contribution is -2.30. The zero-order valence-corrected chi connectivity index (χ0v) is 17.9. The lowest BCUT2D eigenvalue weighted by atomic mass is 10.0. The second kappa shape index (κ2) is 9.50. The van der Waals surface area contributed by atoms with Crippen LogP contribution in [0.5, 0.6) is 0 Å². The van der Waals surface area contributed by atoms with Crippen molar-refractivity contribution in [3.8, 4) is 0 Å². The molecule has 1 N–H and O–H groups in total. The number of nitrogens with one attached hydrogen (secondary N) is 1. The van der Waals surface area contributed by atoms with E-state index >= 15 is 0 Å². The maximum atomic E-state index is 12.7. The number of benzene rings is 2. The van der Waals surface area contributed by atoms with Crippen LogP contribution in [0.15, 0.2) is 66.0 Å². The van der Waals surface area contributed by atoms with E-state index in [4.69, 9.17) is 4.74 Å². The van der Waals surface area contributed by atoms with Gasteiger partial charge in [-0.3, -0.25) is 9.59 Å². The van der Waals surface area contributed by atoms with Gasteiger partial charge in [-0.25, -0.2) is 4.79 Å². The van der Waals surface area contributed by atoms with E-state index in [1.54, 1.807) is 35.7 Å². The minimum atomic E-state index is -1.03. The molecular weight excluding hydrogens is 398 g/mol. The van der Waals surface area contributed by atoms with E-state index in [2.05, 4.69) is 5.32 Å². The van der Waals surface area contributed by atoms with Gasteiger partial charge in [-0.2, -0.15) is 0 Å². The van der Waals surface area contributed by atoms with E-state index in [1.165, 1.54) is 24.3 Å². The highest BCUT2D eigenvalue weighted by molar-refractivity contribution is 7.12. The molecule has 0 aliphatic rings. The number of esters is 1. The number of thiophene rings is 1. The van der Waals surface area contributed by atoms with Gasteiger partial charge >= 0.3 is 5.97 Å². The highest BCUT2D eigenvalue weighted by Gasteiger charge is 2.24. The normalized spacial score (nSPS) is 11.7. The maximum absolute atomic E-state index is 12.7. The summed E-state index contributed by atoms with van der Waals surface area (Å²) in [6, 6.07) is 17.5. The van der Waals surface area contributed by atoms with Gasteiger partial charge in [0.15, 0.2) is 6.10 Å². The van der Waals surface area contributed by atoms with Gasteiger partial charge in [0, 0.05) is 11.3 Å². The third-order valence-corrected chi connectivity index (χ3v) is 5.50. The Bertz CT molecular complexity index is 1060. The molecule has 1 atom stereocenters. The first-order valence-electron chi connectivity index (χ1n) is 9.66. The molecule has 0 aliphatic heterocycles. The lowest BCUT2D eigenvalue weighted by Gasteiger charge is -2.17. The zero-order chi connectivity index (χ0) is 21.7. The van der Waals surface area contributed by atoms with Gasteiger partial charge in [-0.15, -0.1) is 11.3 Å². The van der Waals surface area contributed by atoms with Crippen molar-refractivity contribution in [2.24, 2.45) is 0 Å². The summed E-state index contributed by atoms with van der Waals surface area (Å²) in [5.74, 6) is -1.16. The Morgan fingerprint density at radius 1 is 0.867 bits per heavy atom. The smallest absolute Gasteiger partial charge is 0.339 e. The summed E-state index contributed by atoms with van der Waals surface area (Å²) in [5, 5.41) is 4.63. The van der Waals surface area contributed by atoms with Gasteiger partial charge in [0.25, 0.3) is 5.91 Å². The molecule has 6 heteroatoms. The molecule has 3 rings (SSSR count). The third kappa shape index (κ3) is 4.83. The summed E-state index contributed by atoms with van der Waals surface area (Å²) in [6.07, 6.45) is -1.03. The average molecular weight is 422 g/mol. The third-order valence-electron chi connectivity index (χ3n) is 4.63. The van der Waals surface area contributed by atoms with E-state index in [0.29, 0.717) is 10.6 Å². The molecule has 0 spiro atoms. The Hall–Kier alpha value is -3.25. The molecule has 0 fully saturated rings. The molecule has 1 heterocycles. The van der Waals surface area contributed by atoms with Crippen LogP contribution in [-0.4, -0.2) is 23.8 Å². The molecule has 0 bridgehead atoms. The molecule has 0 saturated carbocycles. The van der Waals surface area contributed by atoms with Crippen molar-refractivity contribution in [2.45, 2.75) is 32.8 Å². The van der Waals surface area contributed by atoms with E-state index in [1.807, 2.05) is 38.1 Å². The van der Waals surface area contributed by atoms with Crippen molar-refractivity contribution in [3.63, 3.8) is 0 Å². The Morgan fingerprint density at radius 3 is 2.20 bits per heavy atom. The zero-order valence-electron chi connectivity index (χ0n) is 17.0. The summed E-state index contributed by atoms with van der Waals surface area (Å²) in [5.41, 5.74) is 2.07. The highest BCUT2D eigenvalue weighted by atomic mass is 32.1. The Labute approximate surface area is 179 Å². The molecule has 2 aromatic carbocycles. The second-order valence-electron chi connectivity index (χ2n) is 7.13. The summed E-state index contributed by atoms with van der Waals surface area (Å²) in [6.45, 7) is 5.58. The molecule has 154 valence electrons. The van der Waals surface area contributed by atoms with Crippen molar-refractivity contribution in [3.05, 3.63) is 87.6 Å². The van der Waals surface area contributed by atoms with E-state index < -0.39 is 18.0 Å². The van der Waals surface area contributed by atoms with Crippen LogP contribution < -0.4 is 5.32 Å². The van der Waals surface area contributed by atoms with Crippen LogP contribution in [0.4, 0.5) is 5.69 Å². The number of hydrogen-bond donors (Lipinski definition) is 1. The number of rotatable bonds is 7. The predicted molar refractivity (Wildman–Crippen MR) is 118 cm³/mol. The van der Waals surface area contributed by atoms with Gasteiger partial charge in [-0.1, -0.05) is 56.3 Å². The lowest BCUT2D eigenvalue weighted by molar-refractivity contribution is -0.123. The van der Waals surface area contributed by atoms with Gasteiger partial charge in [0.1, 0.15) is 0 Å². The minimum absolute atomic E-state index is 0.137. The maximum Gasteiger partial charge on any atom is 0.339 e. The SMILES string of the molecule is CC(C)c1ccccc1NC(=O)[C@@H](C)OC(=O)c1ccccc1C(=O)c1cccs1. The summed E-state index contributed by atoms with van der Waals surface area (Å²) in [4.78, 5) is 38.6. The Morgan fingerprint density at radius 2 is 1.53 bits per heavy atom. The molecule has 3 aromatic rings. The number of ether oxygens (including phenoxy) is 1. The van der Waals surface area contributed by atoms with Crippen molar-refractivity contribution in [1.29, 1.82) is 0 Å². The Kier molecular flexibility index (Phi) is 6.79. The first-order valence-corrected chi connectivity index (χ1v) is 10.5. The van der Waals surface area contributed by atoms with Crippen molar-refractivity contribution >= 4 is 34.7 Å². The van der Waals surface area contributed by atoms with Gasteiger partial charge in [0.2, 0.25) is 5.78 Å². The number of hydrogen-bond acceptors (Lipinski definition) is 5. The second-order valence-corrected chi connectivity index (χ2v) is 8.08. The number of ketones is 1. The van der Waals surface area contributed by atoms with Crippen LogP contribution in [0, 0.1) is 0 Å². The van der Waals surface area contributed by atoms with E-state index in [9.17, 15) is 14.4 Å². The first kappa shape index (κ1) is 21.5. The monoisotopic (exact) mass is 421 g/mol. The van der Waals surface area contributed by atoms with Crippen LogP contribution >= 0.6 is 11.3 Å². The molecule has 1 aromatic heterocycles. The predicted octanol–water partition coefficient (Wildman–Crippen LogP) is 5.29. The van der Waals surface area contributed by atoms with Crippen molar-refractivity contribution < 1.29 is 19.1 Å². The molecular formula is C24H23NO4S. The Balaban J connectivity index is 1.74. The van der Waals surface area contributed by atoms with Crippen LogP contribution in [0.25, 0.3) is 0 Å². The fourth-order valence-corrected chi connectivity index (χ4v) is 3.70. The molecule has 1 amide bonds. The number of amides is 1. The molecule has 0 saturated heterocycles. The van der Waals surface area contributed by atoms with E-state index in [0.717, 1.165) is 5.56 Å². The van der Waals surface area contributed by atoms with Crippen molar-refractivity contribution in [2.75, 3.05) is 5.32 Å². The number of carbonyl (C=O) groups is 3. The molecule has 5 nitrogen and oxygen atoms in total. The van der Waals surface area contributed by atoms with E-state index in [-0.39, 0.29) is 22.8 Å².